The summed E-state index contributed by atoms with van der Waals surface area (Å²) in [5.41, 5.74) is 2.69. The van der Waals surface area contributed by atoms with Crippen molar-refractivity contribution in [1.29, 1.82) is 0 Å². The van der Waals surface area contributed by atoms with E-state index in [2.05, 4.69) is 4.40 Å². The lowest BCUT2D eigenvalue weighted by Crippen LogP contribution is -3.14. The van der Waals surface area contributed by atoms with E-state index in [9.17, 15) is 18.6 Å². The van der Waals surface area contributed by atoms with Crippen LogP contribution in [0.25, 0.3) is 0 Å². The average molecular weight is 444 g/mol. The second kappa shape index (κ2) is 8.29. The number of morpholine rings is 1. The van der Waals surface area contributed by atoms with E-state index in [1.807, 2.05) is 13.8 Å². The van der Waals surface area contributed by atoms with Crippen molar-refractivity contribution < 1.29 is 28.3 Å². The molecule has 8 heteroatoms. The summed E-state index contributed by atoms with van der Waals surface area (Å²) in [6, 6.07) is 13.7. The van der Waals surface area contributed by atoms with Gasteiger partial charge in [-0.15, -0.1) is 0 Å². The zero-order chi connectivity index (χ0) is 22.2. The molecule has 0 amide bonds. The molecule has 4 rings (SSSR count). The summed E-state index contributed by atoms with van der Waals surface area (Å²) in [6.45, 7) is 5.25. The summed E-state index contributed by atoms with van der Waals surface area (Å²) in [7, 11) is -3.97. The van der Waals surface area contributed by atoms with Crippen molar-refractivity contribution in [3.05, 3.63) is 77.0 Å². The van der Waals surface area contributed by atoms with Gasteiger partial charge in [0.15, 0.2) is 5.70 Å². The van der Waals surface area contributed by atoms with Crippen LogP contribution in [0.15, 0.2) is 69.6 Å². The molecule has 1 fully saturated rings. The molecule has 164 valence electrons. The van der Waals surface area contributed by atoms with E-state index in [0.717, 1.165) is 10.5 Å². The molecule has 2 aliphatic rings. The quantitative estimate of drug-likeness (QED) is 0.639. The first-order chi connectivity index (χ1) is 14.8. The predicted octanol–water partition coefficient (Wildman–Crippen LogP) is 0.938. The van der Waals surface area contributed by atoms with Crippen molar-refractivity contribution in [2.45, 2.75) is 30.4 Å². The molecular weight excluding hydrogens is 416 g/mol. The van der Waals surface area contributed by atoms with E-state index in [-0.39, 0.29) is 17.2 Å². The molecule has 1 aliphatic carbocycles. The molecule has 0 radical (unpaired) electrons. The second-order valence-electron chi connectivity index (χ2n) is 8.10. The normalized spacial score (nSPS) is 24.6. The topological polar surface area (TPSA) is 101 Å². The van der Waals surface area contributed by atoms with E-state index in [4.69, 9.17) is 4.74 Å². The molecule has 0 aromatic heterocycles. The molecule has 2 atom stereocenters. The van der Waals surface area contributed by atoms with Gasteiger partial charge in [0.1, 0.15) is 19.7 Å². The van der Waals surface area contributed by atoms with Crippen LogP contribution in [0, 0.1) is 0 Å². The van der Waals surface area contributed by atoms with Crippen LogP contribution in [-0.2, 0) is 20.5 Å². The number of aliphatic hydroxyl groups is 2. The lowest BCUT2D eigenvalue weighted by atomic mass is 9.86. The van der Waals surface area contributed by atoms with Gasteiger partial charge in [-0.05, 0) is 23.6 Å². The largest absolute Gasteiger partial charge is 0.391 e. The molecular formula is C23H27N2O5S+. The number of allylic oxidation sites excluding steroid dienone is 1. The van der Waals surface area contributed by atoms with Crippen LogP contribution in [-0.4, -0.2) is 50.6 Å². The van der Waals surface area contributed by atoms with Crippen molar-refractivity contribution in [3.8, 4) is 0 Å². The molecule has 1 aliphatic heterocycles. The third-order valence-electron chi connectivity index (χ3n) is 5.79. The molecule has 1 heterocycles. The summed E-state index contributed by atoms with van der Waals surface area (Å²) in [4.78, 5) is 0.942. The first kappa shape index (κ1) is 21.9. The molecule has 0 bridgehead atoms. The van der Waals surface area contributed by atoms with Gasteiger partial charge in [-0.25, -0.2) is 0 Å². The zero-order valence-electron chi connectivity index (χ0n) is 17.6. The maximum absolute atomic E-state index is 13.1. The van der Waals surface area contributed by atoms with Crippen LogP contribution >= 0.6 is 0 Å². The maximum Gasteiger partial charge on any atom is 0.282 e. The van der Waals surface area contributed by atoms with Crippen molar-refractivity contribution in [2.75, 3.05) is 26.3 Å². The van der Waals surface area contributed by atoms with Crippen molar-refractivity contribution in [2.24, 2.45) is 4.40 Å². The van der Waals surface area contributed by atoms with Crippen LogP contribution in [0.3, 0.4) is 0 Å². The summed E-state index contributed by atoms with van der Waals surface area (Å²) < 4.78 is 36.1. The number of rotatable bonds is 5. The Balaban J connectivity index is 1.83. The smallest absolute Gasteiger partial charge is 0.282 e. The number of ether oxygens (including phenoxy) is 1. The Kier molecular flexibility index (Phi) is 5.85. The van der Waals surface area contributed by atoms with Gasteiger partial charge < -0.3 is 14.9 Å². The molecule has 3 N–H and O–H groups in total. The second-order valence-corrected chi connectivity index (χ2v) is 9.70. The van der Waals surface area contributed by atoms with E-state index in [1.165, 1.54) is 0 Å². The van der Waals surface area contributed by atoms with Gasteiger partial charge in [0.2, 0.25) is 0 Å². The fourth-order valence-electron chi connectivity index (χ4n) is 4.09. The van der Waals surface area contributed by atoms with Crippen LogP contribution in [0.4, 0.5) is 0 Å². The van der Waals surface area contributed by atoms with Crippen molar-refractivity contribution in [1.82, 2.24) is 0 Å². The number of nitrogens with one attached hydrogen (secondary N) is 1. The number of quaternary nitrogens is 1. The van der Waals surface area contributed by atoms with Crippen LogP contribution < -0.4 is 4.90 Å². The highest BCUT2D eigenvalue weighted by molar-refractivity contribution is 7.90. The Labute approximate surface area is 182 Å². The van der Waals surface area contributed by atoms with Gasteiger partial charge in [-0.1, -0.05) is 50.2 Å². The monoisotopic (exact) mass is 443 g/mol. The first-order valence-corrected chi connectivity index (χ1v) is 11.8. The SMILES string of the molecule is CC(C)c1ccc(S(=O)(=O)N=C2C=C3[NH+](CCO)CCOC3(O)c3ccccc32)cc1. The Morgan fingerprint density at radius 2 is 1.87 bits per heavy atom. The van der Waals surface area contributed by atoms with E-state index in [1.54, 1.807) is 54.6 Å². The zero-order valence-corrected chi connectivity index (χ0v) is 18.4. The Hall–Kier alpha value is -2.36. The van der Waals surface area contributed by atoms with Crippen LogP contribution in [0.1, 0.15) is 36.5 Å². The number of benzene rings is 2. The molecule has 2 aromatic rings. The van der Waals surface area contributed by atoms with E-state index in [0.29, 0.717) is 42.4 Å². The minimum atomic E-state index is -3.97. The molecule has 7 nitrogen and oxygen atoms in total. The molecule has 0 saturated carbocycles. The minimum Gasteiger partial charge on any atom is -0.391 e. The highest BCUT2D eigenvalue weighted by Gasteiger charge is 2.49. The predicted molar refractivity (Wildman–Crippen MR) is 116 cm³/mol. The Morgan fingerprint density at radius 3 is 2.55 bits per heavy atom. The van der Waals surface area contributed by atoms with Crippen molar-refractivity contribution in [3.63, 3.8) is 0 Å². The summed E-state index contributed by atoms with van der Waals surface area (Å²) >= 11 is 0. The molecule has 31 heavy (non-hydrogen) atoms. The minimum absolute atomic E-state index is 0.0720. The Morgan fingerprint density at radius 1 is 1.16 bits per heavy atom. The standard InChI is InChI=1S/C23H26N2O5S/c1-16(2)17-7-9-18(10-8-17)31(28,29)24-21-15-22-23(27,20-6-4-3-5-19(20)21)30-14-12-25(22)11-13-26/h3-10,15-16,26-27H,11-14H2,1-2H3/p+1. The third kappa shape index (κ3) is 3.97. The van der Waals surface area contributed by atoms with Gasteiger partial charge in [0.25, 0.3) is 15.8 Å². The average Bonchev–Trinajstić information content (AvgIpc) is 2.75. The summed E-state index contributed by atoms with van der Waals surface area (Å²) in [5.74, 6) is -1.39. The molecule has 1 saturated heterocycles. The third-order valence-corrected chi connectivity index (χ3v) is 7.09. The number of fused-ring (bicyclic) bond motifs is 3. The van der Waals surface area contributed by atoms with E-state index >= 15 is 0 Å². The summed E-state index contributed by atoms with van der Waals surface area (Å²) in [6.07, 6.45) is 1.58. The van der Waals surface area contributed by atoms with Crippen LogP contribution in [0.2, 0.25) is 0 Å². The van der Waals surface area contributed by atoms with Crippen LogP contribution in [0.5, 0.6) is 0 Å². The van der Waals surface area contributed by atoms with Crippen molar-refractivity contribution >= 4 is 15.7 Å². The highest BCUT2D eigenvalue weighted by Crippen LogP contribution is 2.36. The number of hydrogen-bond acceptors (Lipinski definition) is 5. The number of nitrogens with zero attached hydrogens (tertiary/aromatic N) is 1. The highest BCUT2D eigenvalue weighted by atomic mass is 32.2. The fourth-order valence-corrected chi connectivity index (χ4v) is 5.09. The lowest BCUT2D eigenvalue weighted by Gasteiger charge is -2.41. The van der Waals surface area contributed by atoms with Gasteiger partial charge >= 0.3 is 0 Å². The lowest BCUT2D eigenvalue weighted by molar-refractivity contribution is -0.882. The number of hydrogen-bond donors (Lipinski definition) is 3. The van der Waals surface area contributed by atoms with Gasteiger partial charge in [-0.3, -0.25) is 4.90 Å². The van der Waals surface area contributed by atoms with Gasteiger partial charge in [-0.2, -0.15) is 12.8 Å². The van der Waals surface area contributed by atoms with Gasteiger partial charge in [0.05, 0.1) is 17.2 Å². The molecule has 2 aromatic carbocycles. The molecule has 2 unspecified atom stereocenters. The van der Waals surface area contributed by atoms with Gasteiger partial charge in [0, 0.05) is 17.2 Å². The summed E-state index contributed by atoms with van der Waals surface area (Å²) in [5, 5.41) is 20.8. The number of aliphatic hydroxyl groups excluding tert-OH is 1. The Bertz CT molecular complexity index is 1140. The molecule has 0 spiro atoms. The first-order valence-electron chi connectivity index (χ1n) is 10.4. The fraction of sp³-hybridized carbons (Fsp3) is 0.348. The van der Waals surface area contributed by atoms with E-state index < -0.39 is 15.8 Å². The maximum atomic E-state index is 13.1. The number of sulfonamides is 1.